The Bertz CT molecular complexity index is 861. The number of nitrogens with one attached hydrogen (secondary N) is 1. The van der Waals surface area contributed by atoms with E-state index < -0.39 is 22.5 Å². The molecular weight excluding hydrogens is 335 g/mol. The highest BCUT2D eigenvalue weighted by Gasteiger charge is 2.34. The van der Waals surface area contributed by atoms with Crippen LogP contribution in [-0.4, -0.2) is 23.4 Å². The Hall–Kier alpha value is -2.99. The standard InChI is InChI=1S/C15H11FN4O3S/c16-11-2-1-10(7-13(11)20(22)23)18-12-3-5-19(14(12)21)15-9(8-17)4-6-24-15/h1-2,4,6-7,12,18H,3,5H2. The summed E-state index contributed by atoms with van der Waals surface area (Å²) < 4.78 is 13.4. The number of thiophene rings is 1. The number of nitro groups is 1. The molecule has 0 bridgehead atoms. The quantitative estimate of drug-likeness (QED) is 0.678. The number of amides is 1. The molecule has 122 valence electrons. The zero-order chi connectivity index (χ0) is 17.3. The number of nitriles is 1. The van der Waals surface area contributed by atoms with E-state index in [0.717, 1.165) is 12.1 Å². The Morgan fingerprint density at radius 1 is 1.46 bits per heavy atom. The summed E-state index contributed by atoms with van der Waals surface area (Å²) in [4.78, 5) is 24.0. The van der Waals surface area contributed by atoms with Crippen molar-refractivity contribution in [3.05, 3.63) is 51.1 Å². The largest absolute Gasteiger partial charge is 0.373 e. The number of hydrogen-bond donors (Lipinski definition) is 1. The van der Waals surface area contributed by atoms with Crippen LogP contribution in [0.2, 0.25) is 0 Å². The fourth-order valence-corrected chi connectivity index (χ4v) is 3.44. The first kappa shape index (κ1) is 15.9. The minimum atomic E-state index is -0.929. The maximum atomic E-state index is 13.4. The predicted octanol–water partition coefficient (Wildman–Crippen LogP) is 2.88. The van der Waals surface area contributed by atoms with Gasteiger partial charge in [0.1, 0.15) is 17.1 Å². The molecule has 1 amide bonds. The average Bonchev–Trinajstić information content (AvgIpc) is 3.16. The van der Waals surface area contributed by atoms with Crippen LogP contribution in [0.25, 0.3) is 0 Å². The van der Waals surface area contributed by atoms with Crippen LogP contribution >= 0.6 is 11.3 Å². The van der Waals surface area contributed by atoms with Gasteiger partial charge in [0.25, 0.3) is 0 Å². The highest BCUT2D eigenvalue weighted by molar-refractivity contribution is 7.14. The summed E-state index contributed by atoms with van der Waals surface area (Å²) in [6.07, 6.45) is 0.479. The minimum Gasteiger partial charge on any atom is -0.373 e. The number of rotatable bonds is 4. The molecule has 1 aromatic heterocycles. The molecule has 0 radical (unpaired) electrons. The van der Waals surface area contributed by atoms with E-state index in [9.17, 15) is 19.3 Å². The molecule has 1 atom stereocenters. The molecule has 7 nitrogen and oxygen atoms in total. The van der Waals surface area contributed by atoms with Crippen LogP contribution in [0.5, 0.6) is 0 Å². The average molecular weight is 346 g/mol. The van der Waals surface area contributed by atoms with Gasteiger partial charge in [-0.25, -0.2) is 0 Å². The van der Waals surface area contributed by atoms with Crippen molar-refractivity contribution >= 4 is 33.6 Å². The van der Waals surface area contributed by atoms with Crippen molar-refractivity contribution in [2.75, 3.05) is 16.8 Å². The molecule has 0 saturated carbocycles. The van der Waals surface area contributed by atoms with Crippen molar-refractivity contribution in [2.24, 2.45) is 0 Å². The Kier molecular flexibility index (Phi) is 4.14. The summed E-state index contributed by atoms with van der Waals surface area (Å²) in [5.74, 6) is -1.15. The summed E-state index contributed by atoms with van der Waals surface area (Å²) in [6, 6.07) is 6.52. The zero-order valence-electron chi connectivity index (χ0n) is 12.2. The van der Waals surface area contributed by atoms with Gasteiger partial charge in [0.05, 0.1) is 10.5 Å². The first-order valence-electron chi connectivity index (χ1n) is 7.00. The lowest BCUT2D eigenvalue weighted by Crippen LogP contribution is -2.33. The first-order valence-corrected chi connectivity index (χ1v) is 7.88. The number of anilines is 2. The number of halogens is 1. The van der Waals surface area contributed by atoms with E-state index in [1.165, 1.54) is 22.3 Å². The van der Waals surface area contributed by atoms with Gasteiger partial charge in [0.2, 0.25) is 11.7 Å². The highest BCUT2D eigenvalue weighted by Crippen LogP contribution is 2.32. The van der Waals surface area contributed by atoms with E-state index in [2.05, 4.69) is 5.32 Å². The molecule has 2 heterocycles. The van der Waals surface area contributed by atoms with E-state index in [0.29, 0.717) is 29.2 Å². The van der Waals surface area contributed by atoms with E-state index >= 15 is 0 Å². The van der Waals surface area contributed by atoms with Crippen LogP contribution in [-0.2, 0) is 4.79 Å². The number of carbonyl (C=O) groups is 1. The van der Waals surface area contributed by atoms with E-state index in [4.69, 9.17) is 5.26 Å². The van der Waals surface area contributed by atoms with Crippen LogP contribution < -0.4 is 10.2 Å². The lowest BCUT2D eigenvalue weighted by atomic mass is 10.2. The van der Waals surface area contributed by atoms with Gasteiger partial charge < -0.3 is 10.2 Å². The lowest BCUT2D eigenvalue weighted by Gasteiger charge is -2.16. The molecule has 1 N–H and O–H groups in total. The van der Waals surface area contributed by atoms with Crippen molar-refractivity contribution in [3.8, 4) is 6.07 Å². The summed E-state index contributed by atoms with van der Waals surface area (Å²) in [5.41, 5.74) is 0.0914. The number of nitro benzene ring substituents is 1. The lowest BCUT2D eigenvalue weighted by molar-refractivity contribution is -0.387. The molecule has 1 unspecified atom stereocenters. The maximum Gasteiger partial charge on any atom is 0.306 e. The second-order valence-electron chi connectivity index (χ2n) is 5.15. The molecule has 1 saturated heterocycles. The molecule has 24 heavy (non-hydrogen) atoms. The minimum absolute atomic E-state index is 0.221. The summed E-state index contributed by atoms with van der Waals surface area (Å²) in [5, 5.41) is 25.1. The fraction of sp³-hybridized carbons (Fsp3) is 0.200. The third-order valence-corrected chi connectivity index (χ3v) is 4.64. The van der Waals surface area contributed by atoms with Crippen molar-refractivity contribution in [1.82, 2.24) is 0 Å². The van der Waals surface area contributed by atoms with Crippen molar-refractivity contribution in [3.63, 3.8) is 0 Å². The predicted molar refractivity (Wildman–Crippen MR) is 86.5 cm³/mol. The molecule has 1 aliphatic heterocycles. The topological polar surface area (TPSA) is 99.3 Å². The van der Waals surface area contributed by atoms with Gasteiger partial charge in [-0.15, -0.1) is 11.3 Å². The molecule has 9 heteroatoms. The second-order valence-corrected chi connectivity index (χ2v) is 6.04. The number of benzene rings is 1. The van der Waals surface area contributed by atoms with Gasteiger partial charge in [0, 0.05) is 18.3 Å². The summed E-state index contributed by atoms with van der Waals surface area (Å²) >= 11 is 1.31. The monoisotopic (exact) mass is 346 g/mol. The van der Waals surface area contributed by atoms with E-state index in [-0.39, 0.29) is 5.91 Å². The van der Waals surface area contributed by atoms with Crippen molar-refractivity contribution < 1.29 is 14.1 Å². The SMILES string of the molecule is N#Cc1ccsc1N1CCC(Nc2ccc(F)c([N+](=O)[O-])c2)C1=O. The van der Waals surface area contributed by atoms with Crippen LogP contribution in [0.1, 0.15) is 12.0 Å². The number of carbonyl (C=O) groups excluding carboxylic acids is 1. The van der Waals surface area contributed by atoms with Crippen LogP contribution in [0.4, 0.5) is 20.8 Å². The fourth-order valence-electron chi connectivity index (χ4n) is 2.55. The van der Waals surface area contributed by atoms with Crippen LogP contribution in [0.15, 0.2) is 29.6 Å². The molecule has 0 spiro atoms. The molecule has 0 aliphatic carbocycles. The molecule has 3 rings (SSSR count). The van der Waals surface area contributed by atoms with E-state index in [1.54, 1.807) is 11.4 Å². The van der Waals surface area contributed by atoms with Crippen LogP contribution in [0.3, 0.4) is 0 Å². The Morgan fingerprint density at radius 2 is 2.25 bits per heavy atom. The summed E-state index contributed by atoms with van der Waals surface area (Å²) in [7, 11) is 0. The van der Waals surface area contributed by atoms with Gasteiger partial charge >= 0.3 is 5.69 Å². The second kappa shape index (κ2) is 6.25. The van der Waals surface area contributed by atoms with Crippen LogP contribution in [0, 0.1) is 27.3 Å². The summed E-state index contributed by atoms with van der Waals surface area (Å²) in [6.45, 7) is 0.439. The third-order valence-electron chi connectivity index (χ3n) is 3.70. The maximum absolute atomic E-state index is 13.4. The number of nitrogens with zero attached hydrogens (tertiary/aromatic N) is 3. The van der Waals surface area contributed by atoms with Gasteiger partial charge in [-0.2, -0.15) is 9.65 Å². The zero-order valence-corrected chi connectivity index (χ0v) is 13.0. The smallest absolute Gasteiger partial charge is 0.306 e. The van der Waals surface area contributed by atoms with Crippen molar-refractivity contribution in [2.45, 2.75) is 12.5 Å². The third kappa shape index (κ3) is 2.79. The van der Waals surface area contributed by atoms with E-state index in [1.807, 2.05) is 6.07 Å². The Balaban J connectivity index is 1.78. The van der Waals surface area contributed by atoms with Gasteiger partial charge in [-0.1, -0.05) is 0 Å². The Labute approximate surface area is 140 Å². The van der Waals surface area contributed by atoms with Crippen molar-refractivity contribution in [1.29, 1.82) is 5.26 Å². The molecule has 2 aromatic rings. The molecule has 1 fully saturated rings. The van der Waals surface area contributed by atoms with Gasteiger partial charge in [0.15, 0.2) is 0 Å². The highest BCUT2D eigenvalue weighted by atomic mass is 32.1. The number of hydrogen-bond acceptors (Lipinski definition) is 6. The van der Waals surface area contributed by atoms with Gasteiger partial charge in [-0.3, -0.25) is 14.9 Å². The molecular formula is C15H11FN4O3S. The Morgan fingerprint density at radius 3 is 2.96 bits per heavy atom. The normalized spacial score (nSPS) is 16.9. The van der Waals surface area contributed by atoms with Gasteiger partial charge in [-0.05, 0) is 30.0 Å². The first-order chi connectivity index (χ1) is 11.5. The molecule has 1 aromatic carbocycles. The molecule has 1 aliphatic rings.